The van der Waals surface area contributed by atoms with E-state index in [0.29, 0.717) is 5.82 Å². The first-order valence-electron chi connectivity index (χ1n) is 4.94. The molecule has 0 saturated heterocycles. The highest BCUT2D eigenvalue weighted by atomic mass is 32.2. The normalized spacial score (nSPS) is 14.1. The van der Waals surface area contributed by atoms with E-state index < -0.39 is 10.0 Å². The van der Waals surface area contributed by atoms with Crippen molar-refractivity contribution in [2.75, 3.05) is 0 Å². The van der Waals surface area contributed by atoms with Crippen molar-refractivity contribution >= 4 is 10.0 Å². The molecule has 6 heteroatoms. The van der Waals surface area contributed by atoms with Gasteiger partial charge in [-0.3, -0.25) is 0 Å². The van der Waals surface area contributed by atoms with Crippen LogP contribution in [-0.2, 0) is 10.0 Å². The fourth-order valence-electron chi connectivity index (χ4n) is 1.60. The van der Waals surface area contributed by atoms with Crippen LogP contribution >= 0.6 is 0 Å². The van der Waals surface area contributed by atoms with Crippen LogP contribution in [0.1, 0.15) is 38.6 Å². The van der Waals surface area contributed by atoms with E-state index in [-0.39, 0.29) is 11.1 Å². The van der Waals surface area contributed by atoms with Gasteiger partial charge in [-0.05, 0) is 20.3 Å². The summed E-state index contributed by atoms with van der Waals surface area (Å²) < 4.78 is 24.0. The largest absolute Gasteiger partial charge is 0.331 e. The molecule has 0 bridgehead atoms. The highest BCUT2D eigenvalue weighted by Crippen LogP contribution is 2.17. The molecule has 86 valence electrons. The molecule has 1 aromatic heterocycles. The molecule has 0 saturated carbocycles. The number of sulfonamides is 1. The Hall–Kier alpha value is -0.880. The highest BCUT2D eigenvalue weighted by Gasteiger charge is 2.16. The Bertz CT molecular complexity index is 436. The van der Waals surface area contributed by atoms with Crippen molar-refractivity contribution < 1.29 is 8.42 Å². The second-order valence-corrected chi connectivity index (χ2v) is 5.22. The summed E-state index contributed by atoms with van der Waals surface area (Å²) >= 11 is 0. The molecule has 0 aromatic carbocycles. The third-order valence-electron chi connectivity index (χ3n) is 2.37. The number of hydrogen-bond acceptors (Lipinski definition) is 3. The summed E-state index contributed by atoms with van der Waals surface area (Å²) in [5.41, 5.74) is 0. The first-order valence-corrected chi connectivity index (χ1v) is 6.49. The molecule has 0 aliphatic heterocycles. The van der Waals surface area contributed by atoms with E-state index in [1.165, 1.54) is 6.20 Å². The Balaban J connectivity index is 3.07. The van der Waals surface area contributed by atoms with Crippen molar-refractivity contribution in [3.8, 4) is 0 Å². The lowest BCUT2D eigenvalue weighted by Crippen LogP contribution is -2.12. The predicted octanol–water partition coefficient (Wildman–Crippen LogP) is 1.20. The fourth-order valence-corrected chi connectivity index (χ4v) is 2.12. The van der Waals surface area contributed by atoms with Gasteiger partial charge >= 0.3 is 0 Å². The number of imidazole rings is 1. The van der Waals surface area contributed by atoms with Crippen molar-refractivity contribution in [3.05, 3.63) is 12.0 Å². The lowest BCUT2D eigenvalue weighted by molar-refractivity contribution is 0.489. The molecule has 2 N–H and O–H groups in total. The Morgan fingerprint density at radius 1 is 1.60 bits per heavy atom. The average Bonchev–Trinajstić information content (AvgIpc) is 2.47. The highest BCUT2D eigenvalue weighted by molar-refractivity contribution is 7.89. The maximum absolute atomic E-state index is 11.1. The first kappa shape index (κ1) is 12.2. The molecular formula is C9H17N3O2S. The Morgan fingerprint density at radius 3 is 2.60 bits per heavy atom. The van der Waals surface area contributed by atoms with Crippen molar-refractivity contribution in [2.45, 2.75) is 44.7 Å². The number of hydrogen-bond donors (Lipinski definition) is 1. The second-order valence-electron chi connectivity index (χ2n) is 3.72. The summed E-state index contributed by atoms with van der Waals surface area (Å²) in [6.07, 6.45) is 3.54. The number of nitrogens with two attached hydrogens (primary N) is 1. The zero-order valence-electron chi connectivity index (χ0n) is 9.27. The summed E-state index contributed by atoms with van der Waals surface area (Å²) in [5, 5.41) is 4.96. The second kappa shape index (κ2) is 4.32. The number of aryl methyl sites for hydroxylation is 1. The van der Waals surface area contributed by atoms with Crippen molar-refractivity contribution in [3.63, 3.8) is 0 Å². The van der Waals surface area contributed by atoms with E-state index in [1.54, 1.807) is 6.92 Å². The SMILES string of the molecule is CCCC(C)n1cc(S(N)(=O)=O)nc1C. The molecule has 1 heterocycles. The monoisotopic (exact) mass is 231 g/mol. The van der Waals surface area contributed by atoms with Crippen molar-refractivity contribution in [1.29, 1.82) is 0 Å². The van der Waals surface area contributed by atoms with Crippen LogP contribution in [0.3, 0.4) is 0 Å². The number of primary sulfonamides is 1. The Morgan fingerprint density at radius 2 is 2.20 bits per heavy atom. The van der Waals surface area contributed by atoms with Gasteiger partial charge in [0.05, 0.1) is 0 Å². The number of aromatic nitrogens is 2. The smallest absolute Gasteiger partial charge is 0.257 e. The third-order valence-corrected chi connectivity index (χ3v) is 3.15. The van der Waals surface area contributed by atoms with Crippen molar-refractivity contribution in [2.24, 2.45) is 5.14 Å². The lowest BCUT2D eigenvalue weighted by atomic mass is 10.2. The van der Waals surface area contributed by atoms with Gasteiger partial charge in [-0.15, -0.1) is 0 Å². The quantitative estimate of drug-likeness (QED) is 0.845. The van der Waals surface area contributed by atoms with Gasteiger partial charge in [0.25, 0.3) is 10.0 Å². The van der Waals surface area contributed by atoms with Crippen LogP contribution in [-0.4, -0.2) is 18.0 Å². The average molecular weight is 231 g/mol. The van der Waals surface area contributed by atoms with Crippen LogP contribution in [0.25, 0.3) is 0 Å². The molecule has 0 radical (unpaired) electrons. The summed E-state index contributed by atoms with van der Waals surface area (Å²) in [6, 6.07) is 0.248. The molecule has 0 aliphatic rings. The van der Waals surface area contributed by atoms with E-state index in [1.807, 2.05) is 11.5 Å². The van der Waals surface area contributed by atoms with E-state index >= 15 is 0 Å². The van der Waals surface area contributed by atoms with Gasteiger partial charge in [0.1, 0.15) is 5.82 Å². The molecule has 1 atom stereocenters. The van der Waals surface area contributed by atoms with Gasteiger partial charge in [0.2, 0.25) is 0 Å². The maximum Gasteiger partial charge on any atom is 0.257 e. The number of rotatable bonds is 4. The minimum absolute atomic E-state index is 0.0528. The summed E-state index contributed by atoms with van der Waals surface area (Å²) in [4.78, 5) is 3.94. The van der Waals surface area contributed by atoms with Crippen LogP contribution in [0.4, 0.5) is 0 Å². The molecule has 1 aromatic rings. The molecular weight excluding hydrogens is 214 g/mol. The van der Waals surface area contributed by atoms with Crippen LogP contribution in [0.5, 0.6) is 0 Å². The van der Waals surface area contributed by atoms with Crippen LogP contribution in [0.2, 0.25) is 0 Å². The molecule has 0 fully saturated rings. The van der Waals surface area contributed by atoms with Gasteiger partial charge in [-0.2, -0.15) is 0 Å². The molecule has 15 heavy (non-hydrogen) atoms. The van der Waals surface area contributed by atoms with E-state index in [2.05, 4.69) is 11.9 Å². The molecule has 1 unspecified atom stereocenters. The van der Waals surface area contributed by atoms with E-state index in [4.69, 9.17) is 5.14 Å². The Labute approximate surface area is 90.4 Å². The van der Waals surface area contributed by atoms with Crippen LogP contribution < -0.4 is 5.14 Å². The third kappa shape index (κ3) is 2.79. The van der Waals surface area contributed by atoms with E-state index in [0.717, 1.165) is 12.8 Å². The topological polar surface area (TPSA) is 78.0 Å². The molecule has 5 nitrogen and oxygen atoms in total. The Kier molecular flexibility index (Phi) is 3.51. The van der Waals surface area contributed by atoms with Gasteiger partial charge < -0.3 is 4.57 Å². The summed E-state index contributed by atoms with van der Waals surface area (Å²) in [5.74, 6) is 0.681. The molecule has 0 spiro atoms. The van der Waals surface area contributed by atoms with E-state index in [9.17, 15) is 8.42 Å². The molecule has 0 aliphatic carbocycles. The zero-order valence-corrected chi connectivity index (χ0v) is 10.1. The molecule has 1 rings (SSSR count). The van der Waals surface area contributed by atoms with Gasteiger partial charge in [0.15, 0.2) is 5.03 Å². The van der Waals surface area contributed by atoms with Crippen LogP contribution in [0, 0.1) is 6.92 Å². The van der Waals surface area contributed by atoms with Crippen molar-refractivity contribution in [1.82, 2.24) is 9.55 Å². The maximum atomic E-state index is 11.1. The molecule has 0 amide bonds. The zero-order chi connectivity index (χ0) is 11.6. The standard InChI is InChI=1S/C9H17N3O2S/c1-4-5-7(2)12-6-9(11-8(12)3)15(10,13)14/h6-7H,4-5H2,1-3H3,(H2,10,13,14). The van der Waals surface area contributed by atoms with Crippen LogP contribution in [0.15, 0.2) is 11.2 Å². The minimum Gasteiger partial charge on any atom is -0.331 e. The summed E-state index contributed by atoms with van der Waals surface area (Å²) in [6.45, 7) is 5.90. The van der Waals surface area contributed by atoms with Gasteiger partial charge in [-0.1, -0.05) is 13.3 Å². The fraction of sp³-hybridized carbons (Fsp3) is 0.667. The summed E-state index contributed by atoms with van der Waals surface area (Å²) in [7, 11) is -3.68. The predicted molar refractivity (Wildman–Crippen MR) is 58.0 cm³/mol. The first-order chi connectivity index (χ1) is 6.86. The minimum atomic E-state index is -3.68. The number of nitrogens with zero attached hydrogens (tertiary/aromatic N) is 2. The van der Waals surface area contributed by atoms with Gasteiger partial charge in [0, 0.05) is 12.2 Å². The lowest BCUT2D eigenvalue weighted by Gasteiger charge is -2.13. The van der Waals surface area contributed by atoms with Gasteiger partial charge in [-0.25, -0.2) is 18.5 Å².